The number of hydrogen-bond acceptors (Lipinski definition) is 4. The average molecular weight is 514 g/mol. The lowest BCUT2D eigenvalue weighted by Gasteiger charge is -2.33. The molecule has 28 heavy (non-hydrogen) atoms. The van der Waals surface area contributed by atoms with Crippen LogP contribution in [-0.2, 0) is 12.0 Å². The Morgan fingerprint density at radius 3 is 2.64 bits per heavy atom. The van der Waals surface area contributed by atoms with Crippen LogP contribution in [0.5, 0.6) is 5.75 Å². The fourth-order valence-electron chi connectivity index (χ4n) is 4.11. The Balaban J connectivity index is 0.00000280. The van der Waals surface area contributed by atoms with E-state index < -0.39 is 0 Å². The Morgan fingerprint density at radius 2 is 2.04 bits per heavy atom. The summed E-state index contributed by atoms with van der Waals surface area (Å²) in [4.78, 5) is 11.2. The van der Waals surface area contributed by atoms with Crippen LogP contribution >= 0.6 is 35.3 Å². The number of nitrogens with one attached hydrogen (secondary N) is 1. The van der Waals surface area contributed by atoms with E-state index in [4.69, 9.17) is 4.74 Å². The summed E-state index contributed by atoms with van der Waals surface area (Å²) >= 11 is 1.69. The number of rotatable bonds is 6. The largest absolute Gasteiger partial charge is 0.496 e. The van der Waals surface area contributed by atoms with Crippen molar-refractivity contribution in [3.8, 4) is 5.75 Å². The van der Waals surface area contributed by atoms with Crippen molar-refractivity contribution in [1.82, 2.24) is 15.2 Å². The van der Waals surface area contributed by atoms with E-state index in [1.807, 2.05) is 20.0 Å². The molecule has 3 rings (SSSR count). The van der Waals surface area contributed by atoms with E-state index in [1.54, 1.807) is 18.4 Å². The van der Waals surface area contributed by atoms with Gasteiger partial charge in [0.2, 0.25) is 0 Å². The lowest BCUT2D eigenvalue weighted by molar-refractivity contribution is 0.366. The SMILES string of the molecule is CN=C(NCC1(c2ccccc2OC)CCCC1)N(C)Cc1csc(C)n1.I. The fraction of sp³-hybridized carbons (Fsp3) is 0.524. The van der Waals surface area contributed by atoms with Crippen LogP contribution < -0.4 is 10.1 Å². The van der Waals surface area contributed by atoms with Gasteiger partial charge in [0.25, 0.3) is 0 Å². The van der Waals surface area contributed by atoms with Crippen molar-refractivity contribution >= 4 is 41.3 Å². The summed E-state index contributed by atoms with van der Waals surface area (Å²) < 4.78 is 5.67. The van der Waals surface area contributed by atoms with Gasteiger partial charge in [0.15, 0.2) is 5.96 Å². The first-order valence-electron chi connectivity index (χ1n) is 9.54. The molecule has 1 aliphatic rings. The summed E-state index contributed by atoms with van der Waals surface area (Å²) in [5.74, 6) is 1.89. The monoisotopic (exact) mass is 514 g/mol. The Bertz CT molecular complexity index is 786. The number of halogens is 1. The van der Waals surface area contributed by atoms with Crippen LogP contribution in [0, 0.1) is 6.92 Å². The quantitative estimate of drug-likeness (QED) is 0.348. The predicted octanol–water partition coefficient (Wildman–Crippen LogP) is 4.60. The molecule has 1 aliphatic carbocycles. The normalized spacial score (nSPS) is 15.8. The molecule has 154 valence electrons. The van der Waals surface area contributed by atoms with Crippen LogP contribution in [0.1, 0.15) is 41.9 Å². The second-order valence-corrected chi connectivity index (χ2v) is 8.36. The minimum Gasteiger partial charge on any atom is -0.496 e. The van der Waals surface area contributed by atoms with Crippen LogP contribution in [0.15, 0.2) is 34.6 Å². The number of para-hydroxylation sites is 1. The van der Waals surface area contributed by atoms with E-state index in [-0.39, 0.29) is 29.4 Å². The minimum atomic E-state index is 0. The van der Waals surface area contributed by atoms with E-state index in [1.165, 1.54) is 31.2 Å². The first kappa shape index (κ1) is 22.9. The number of guanidine groups is 1. The molecule has 1 heterocycles. The molecule has 0 atom stereocenters. The maximum Gasteiger partial charge on any atom is 0.193 e. The third-order valence-electron chi connectivity index (χ3n) is 5.46. The average Bonchev–Trinajstić information content (AvgIpc) is 3.32. The summed E-state index contributed by atoms with van der Waals surface area (Å²) in [6, 6.07) is 8.45. The third kappa shape index (κ3) is 5.17. The first-order valence-corrected chi connectivity index (χ1v) is 10.4. The summed E-state index contributed by atoms with van der Waals surface area (Å²) in [6.07, 6.45) is 4.86. The first-order chi connectivity index (χ1) is 13.1. The van der Waals surface area contributed by atoms with E-state index in [0.29, 0.717) is 0 Å². The summed E-state index contributed by atoms with van der Waals surface area (Å²) in [5, 5.41) is 6.84. The molecule has 0 spiro atoms. The van der Waals surface area contributed by atoms with Gasteiger partial charge < -0.3 is 15.0 Å². The number of nitrogens with zero attached hydrogens (tertiary/aromatic N) is 3. The van der Waals surface area contributed by atoms with Gasteiger partial charge in [-0.15, -0.1) is 35.3 Å². The molecule has 0 bridgehead atoms. The van der Waals surface area contributed by atoms with Crippen molar-refractivity contribution in [2.45, 2.75) is 44.6 Å². The number of benzene rings is 1. The van der Waals surface area contributed by atoms with E-state index in [9.17, 15) is 0 Å². The van der Waals surface area contributed by atoms with Gasteiger partial charge in [-0.25, -0.2) is 4.98 Å². The van der Waals surface area contributed by atoms with Crippen molar-refractivity contribution in [3.05, 3.63) is 45.9 Å². The van der Waals surface area contributed by atoms with Gasteiger partial charge in [0.1, 0.15) is 5.75 Å². The van der Waals surface area contributed by atoms with Crippen molar-refractivity contribution in [2.24, 2.45) is 4.99 Å². The molecule has 5 nitrogen and oxygen atoms in total. The van der Waals surface area contributed by atoms with Gasteiger partial charge in [-0.05, 0) is 25.8 Å². The maximum absolute atomic E-state index is 5.67. The topological polar surface area (TPSA) is 49.8 Å². The number of thiazole rings is 1. The fourth-order valence-corrected chi connectivity index (χ4v) is 4.71. The Morgan fingerprint density at radius 1 is 1.32 bits per heavy atom. The molecule has 0 aliphatic heterocycles. The molecule has 1 saturated carbocycles. The van der Waals surface area contributed by atoms with Crippen molar-refractivity contribution in [2.75, 3.05) is 27.7 Å². The van der Waals surface area contributed by atoms with Gasteiger partial charge in [-0.3, -0.25) is 4.99 Å². The Hall–Kier alpha value is -1.35. The van der Waals surface area contributed by atoms with Crippen molar-refractivity contribution in [3.63, 3.8) is 0 Å². The van der Waals surface area contributed by atoms with E-state index in [0.717, 1.165) is 35.5 Å². The van der Waals surface area contributed by atoms with Gasteiger partial charge in [0.05, 0.1) is 24.4 Å². The number of hydrogen-bond donors (Lipinski definition) is 1. The number of ether oxygens (including phenoxy) is 1. The second-order valence-electron chi connectivity index (χ2n) is 7.30. The zero-order valence-corrected chi connectivity index (χ0v) is 20.3. The third-order valence-corrected chi connectivity index (χ3v) is 6.29. The van der Waals surface area contributed by atoms with Crippen LogP contribution in [0.2, 0.25) is 0 Å². The molecule has 1 aromatic heterocycles. The molecular formula is C21H31IN4OS. The van der Waals surface area contributed by atoms with Crippen LogP contribution in [0.4, 0.5) is 0 Å². The summed E-state index contributed by atoms with van der Waals surface area (Å²) in [7, 11) is 5.67. The van der Waals surface area contributed by atoms with E-state index in [2.05, 4.69) is 50.8 Å². The van der Waals surface area contributed by atoms with Crippen LogP contribution in [-0.4, -0.2) is 43.6 Å². The highest BCUT2D eigenvalue weighted by molar-refractivity contribution is 14.0. The molecule has 0 unspecified atom stereocenters. The number of methoxy groups -OCH3 is 1. The highest BCUT2D eigenvalue weighted by atomic mass is 127. The molecule has 0 amide bonds. The summed E-state index contributed by atoms with van der Waals surface area (Å²) in [5.41, 5.74) is 2.50. The van der Waals surface area contributed by atoms with E-state index >= 15 is 0 Å². The van der Waals surface area contributed by atoms with Crippen molar-refractivity contribution in [1.29, 1.82) is 0 Å². The maximum atomic E-state index is 5.67. The molecule has 0 saturated heterocycles. The Kier molecular flexibility index (Phi) is 8.55. The number of aryl methyl sites for hydroxylation is 1. The molecule has 1 N–H and O–H groups in total. The zero-order chi connectivity index (χ0) is 19.3. The smallest absolute Gasteiger partial charge is 0.193 e. The van der Waals surface area contributed by atoms with Gasteiger partial charge >= 0.3 is 0 Å². The molecular weight excluding hydrogens is 483 g/mol. The summed E-state index contributed by atoms with van der Waals surface area (Å²) in [6.45, 7) is 3.66. The number of aromatic nitrogens is 1. The molecule has 1 fully saturated rings. The van der Waals surface area contributed by atoms with Gasteiger partial charge in [-0.1, -0.05) is 31.0 Å². The van der Waals surface area contributed by atoms with Gasteiger partial charge in [-0.2, -0.15) is 0 Å². The second kappa shape index (κ2) is 10.4. The lowest BCUT2D eigenvalue weighted by atomic mass is 9.78. The van der Waals surface area contributed by atoms with Crippen LogP contribution in [0.25, 0.3) is 0 Å². The Labute approximate surface area is 189 Å². The molecule has 2 aromatic rings. The zero-order valence-electron chi connectivity index (χ0n) is 17.2. The van der Waals surface area contributed by atoms with Crippen molar-refractivity contribution < 1.29 is 4.74 Å². The number of aliphatic imine (C=N–C) groups is 1. The predicted molar refractivity (Wildman–Crippen MR) is 128 cm³/mol. The standard InChI is InChI=1S/C21H30N4OS.HI/c1-16-24-17(14-27-16)13-25(3)20(22-2)23-15-21(11-7-8-12-21)18-9-5-6-10-19(18)26-4;/h5-6,9-10,14H,7-8,11-13,15H2,1-4H3,(H,22,23);1H. The van der Waals surface area contributed by atoms with Crippen LogP contribution in [0.3, 0.4) is 0 Å². The molecule has 1 aromatic carbocycles. The lowest BCUT2D eigenvalue weighted by Crippen LogP contribution is -2.45. The minimum absolute atomic E-state index is 0. The highest BCUT2D eigenvalue weighted by Crippen LogP contribution is 2.44. The highest BCUT2D eigenvalue weighted by Gasteiger charge is 2.38. The molecule has 7 heteroatoms. The van der Waals surface area contributed by atoms with Gasteiger partial charge in [0, 0.05) is 37.0 Å². The molecule has 0 radical (unpaired) electrons.